The molecule has 0 aliphatic heterocycles. The molecule has 2 aromatic carbocycles. The molecule has 2 rings (SSSR count). The van der Waals surface area contributed by atoms with Crippen LogP contribution in [0.1, 0.15) is 11.1 Å². The minimum absolute atomic E-state index is 0.0106. The van der Waals surface area contributed by atoms with E-state index in [0.29, 0.717) is 11.5 Å². The van der Waals surface area contributed by atoms with Crippen molar-refractivity contribution in [3.05, 3.63) is 94.0 Å². The maximum absolute atomic E-state index is 9.57. The molecule has 1 unspecified atom stereocenters. The minimum atomic E-state index is -0.577. The molecule has 1 N–H and O–H groups in total. The quantitative estimate of drug-likeness (QED) is 0.390. The van der Waals surface area contributed by atoms with Crippen LogP contribution in [0.5, 0.6) is 11.5 Å². The number of hydrogen-bond acceptors (Lipinski definition) is 5. The highest BCUT2D eigenvalue weighted by molar-refractivity contribution is 5.59. The number of aliphatic hydroxyl groups excluding tert-OH is 1. The Morgan fingerprint density at radius 3 is 2.13 bits per heavy atom. The third kappa shape index (κ3) is 6.65. The average Bonchev–Trinajstić information content (AvgIpc) is 2.80. The summed E-state index contributed by atoms with van der Waals surface area (Å²) < 4.78 is 11.4. The molecule has 0 spiro atoms. The Hall–Kier alpha value is -4.38. The van der Waals surface area contributed by atoms with Crippen LogP contribution >= 0.6 is 0 Å². The smallest absolute Gasteiger partial charge is 0.490 e. The van der Waals surface area contributed by atoms with E-state index < -0.39 is 6.10 Å². The Bertz CT molecular complexity index is 1030. The molecule has 2 aromatic rings. The van der Waals surface area contributed by atoms with Crippen LogP contribution in [0.25, 0.3) is 21.8 Å². The first-order chi connectivity index (χ1) is 14.6. The monoisotopic (exact) mass is 398 g/mol. The number of nitrogens with zero attached hydrogens (tertiary/aromatic N) is 4. The molecule has 0 amide bonds. The fraction of sp³-hybridized carbons (Fsp3) is 0.130. The van der Waals surface area contributed by atoms with Crippen LogP contribution in [0.3, 0.4) is 0 Å². The molecule has 7 nitrogen and oxygen atoms in total. The van der Waals surface area contributed by atoms with Gasteiger partial charge < -0.3 is 14.6 Å². The summed E-state index contributed by atoms with van der Waals surface area (Å²) in [5.41, 5.74) is 1.71. The van der Waals surface area contributed by atoms with Gasteiger partial charge in [0.1, 0.15) is 43.0 Å². The van der Waals surface area contributed by atoms with E-state index in [1.54, 1.807) is 54.6 Å². The largest absolute Gasteiger partial charge is 0.519 e. The van der Waals surface area contributed by atoms with Gasteiger partial charge in [-0.15, -0.1) is 0 Å². The summed E-state index contributed by atoms with van der Waals surface area (Å²) in [6, 6.07) is 15.8. The highest BCUT2D eigenvalue weighted by Crippen LogP contribution is 2.18. The van der Waals surface area contributed by atoms with Gasteiger partial charge in [-0.05, 0) is 48.2 Å². The molecule has 30 heavy (non-hydrogen) atoms. The van der Waals surface area contributed by atoms with Gasteiger partial charge in [0.05, 0.1) is 6.61 Å². The molecule has 0 aliphatic carbocycles. The molecule has 1 atom stereocenters. The van der Waals surface area contributed by atoms with Gasteiger partial charge in [-0.2, -0.15) is 15.0 Å². The maximum Gasteiger partial charge on any atom is 0.519 e. The number of aliphatic imine (C=N–C) groups is 1. The van der Waals surface area contributed by atoms with Gasteiger partial charge in [-0.25, -0.2) is 0 Å². The number of rotatable bonds is 9. The number of ether oxygens (including phenoxy) is 2. The van der Waals surface area contributed by atoms with Crippen molar-refractivity contribution in [1.82, 2.24) is 0 Å². The molecule has 0 heterocycles. The Kier molecular flexibility index (Phi) is 8.37. The molecule has 0 bridgehead atoms. The summed E-state index contributed by atoms with van der Waals surface area (Å²) in [7, 11) is 0. The second-order valence-corrected chi connectivity index (χ2v) is 5.90. The Morgan fingerprint density at radius 1 is 1.07 bits per heavy atom. The van der Waals surface area contributed by atoms with E-state index in [9.17, 15) is 5.11 Å². The van der Waals surface area contributed by atoms with Crippen molar-refractivity contribution in [3.8, 4) is 17.6 Å². The van der Waals surface area contributed by atoms with E-state index in [2.05, 4.69) is 21.4 Å². The van der Waals surface area contributed by atoms with Gasteiger partial charge in [-0.1, -0.05) is 24.3 Å². The van der Waals surface area contributed by atoms with Crippen molar-refractivity contribution in [3.63, 3.8) is 0 Å². The van der Waals surface area contributed by atoms with Crippen LogP contribution in [0.15, 0.2) is 65.0 Å². The maximum atomic E-state index is 9.57. The fourth-order valence-electron chi connectivity index (χ4n) is 2.32. The van der Waals surface area contributed by atoms with E-state index >= 15 is 0 Å². The highest BCUT2D eigenvalue weighted by atomic mass is 16.5. The van der Waals surface area contributed by atoms with E-state index in [0.717, 1.165) is 11.1 Å². The standard InChI is InChI=1S/C23H18N4O3/c1-25-19(14-24)12-17-6-10-21(11-7-17)30-22(15-28)16-29-20-8-4-18(5-9-20)13-23(26-2)27-3/h4-13,22,28H,1,15-16H2/b19-12-. The normalized spacial score (nSPS) is 11.2. The number of allylic oxidation sites excluding steroid dienone is 1. The van der Waals surface area contributed by atoms with Gasteiger partial charge in [0.2, 0.25) is 0 Å². The predicted molar refractivity (Wildman–Crippen MR) is 114 cm³/mol. The lowest BCUT2D eigenvalue weighted by molar-refractivity contribution is 0.0718. The number of aliphatic hydroxyl groups is 1. The molecule has 7 heteroatoms. The number of nitriles is 1. The van der Waals surface area contributed by atoms with E-state index in [1.165, 1.54) is 6.08 Å². The number of hydrogen-bond donors (Lipinski definition) is 1. The van der Waals surface area contributed by atoms with Crippen LogP contribution in [0.4, 0.5) is 0 Å². The summed E-state index contributed by atoms with van der Waals surface area (Å²) in [6.07, 6.45) is 2.51. The first-order valence-corrected chi connectivity index (χ1v) is 8.77. The van der Waals surface area contributed by atoms with Crippen LogP contribution in [0.2, 0.25) is 0 Å². The average molecular weight is 398 g/mol. The molecule has 0 saturated carbocycles. The highest BCUT2D eigenvalue weighted by Gasteiger charge is 2.11. The van der Waals surface area contributed by atoms with Gasteiger partial charge in [0.25, 0.3) is 0 Å². The molecule has 0 saturated heterocycles. The van der Waals surface area contributed by atoms with Crippen molar-refractivity contribution in [2.75, 3.05) is 13.2 Å². The summed E-state index contributed by atoms with van der Waals surface area (Å²) in [4.78, 5) is 9.85. The fourth-order valence-corrected chi connectivity index (χ4v) is 2.32. The van der Waals surface area contributed by atoms with Crippen molar-refractivity contribution in [2.45, 2.75) is 6.10 Å². The molecule has 148 valence electrons. The van der Waals surface area contributed by atoms with Crippen LogP contribution < -0.4 is 9.47 Å². The van der Waals surface area contributed by atoms with E-state index in [-0.39, 0.29) is 24.7 Å². The molecule has 0 radical (unpaired) electrons. The Morgan fingerprint density at radius 2 is 1.63 bits per heavy atom. The third-order valence-corrected chi connectivity index (χ3v) is 3.82. The molecular formula is C23H18N4O3. The van der Waals surface area contributed by atoms with Crippen LogP contribution in [-0.2, 0) is 0 Å². The van der Waals surface area contributed by atoms with Crippen molar-refractivity contribution in [2.24, 2.45) is 4.99 Å². The Labute approximate surface area is 175 Å². The third-order valence-electron chi connectivity index (χ3n) is 3.82. The topological polar surface area (TPSA) is 83.6 Å². The summed E-state index contributed by atoms with van der Waals surface area (Å²) in [6.45, 7) is 17.0. The van der Waals surface area contributed by atoms with Gasteiger partial charge in [0.15, 0.2) is 6.10 Å². The summed E-state index contributed by atoms with van der Waals surface area (Å²) >= 11 is 0. The SMILES string of the molecule is [C-]#[N+]C(=Cc1ccc(OCC(CO)Oc2ccc(/C=C(/C#N)N=C)cc2)cc1)[N+]#[C-]. The lowest BCUT2D eigenvalue weighted by atomic mass is 10.2. The Balaban J connectivity index is 1.95. The van der Waals surface area contributed by atoms with Crippen molar-refractivity contribution < 1.29 is 14.6 Å². The van der Waals surface area contributed by atoms with E-state index in [1.807, 2.05) is 6.07 Å². The first kappa shape index (κ1) is 21.9. The first-order valence-electron chi connectivity index (χ1n) is 8.77. The molecule has 0 aliphatic rings. The summed E-state index contributed by atoms with van der Waals surface area (Å²) in [5.74, 6) is 1.11. The van der Waals surface area contributed by atoms with Gasteiger partial charge in [-0.3, -0.25) is 4.99 Å². The lowest BCUT2D eigenvalue weighted by Gasteiger charge is -2.18. The zero-order chi connectivity index (χ0) is 21.8. The second-order valence-electron chi connectivity index (χ2n) is 5.90. The molecule has 0 aromatic heterocycles. The molecule has 0 fully saturated rings. The summed E-state index contributed by atoms with van der Waals surface area (Å²) in [5, 5.41) is 18.4. The van der Waals surface area contributed by atoms with Crippen LogP contribution in [0, 0.1) is 24.5 Å². The zero-order valence-corrected chi connectivity index (χ0v) is 16.0. The predicted octanol–water partition coefficient (Wildman–Crippen LogP) is 4.21. The van der Waals surface area contributed by atoms with Crippen molar-refractivity contribution >= 4 is 18.9 Å². The zero-order valence-electron chi connectivity index (χ0n) is 16.0. The van der Waals surface area contributed by atoms with Gasteiger partial charge in [0, 0.05) is 6.08 Å². The van der Waals surface area contributed by atoms with Crippen LogP contribution in [-0.4, -0.2) is 31.1 Å². The number of benzene rings is 2. The molecular weight excluding hydrogens is 380 g/mol. The second kappa shape index (κ2) is 11.5. The minimum Gasteiger partial charge on any atom is -0.490 e. The van der Waals surface area contributed by atoms with Gasteiger partial charge >= 0.3 is 5.82 Å². The van der Waals surface area contributed by atoms with Crippen molar-refractivity contribution in [1.29, 1.82) is 5.26 Å². The van der Waals surface area contributed by atoms with E-state index in [4.69, 9.17) is 27.9 Å². The lowest BCUT2D eigenvalue weighted by Crippen LogP contribution is -2.28.